The van der Waals surface area contributed by atoms with Crippen molar-refractivity contribution in [2.24, 2.45) is 0 Å². The van der Waals surface area contributed by atoms with Gasteiger partial charge in [-0.05, 0) is 77.0 Å². The zero-order valence-electron chi connectivity index (χ0n) is 41.8. The molecule has 0 fully saturated rings. The van der Waals surface area contributed by atoms with Crippen molar-refractivity contribution in [1.82, 2.24) is 5.32 Å². The number of hydrogen-bond acceptors (Lipinski definition) is 4. The summed E-state index contributed by atoms with van der Waals surface area (Å²) in [5.41, 5.74) is 0. The van der Waals surface area contributed by atoms with Gasteiger partial charge in [-0.2, -0.15) is 0 Å². The van der Waals surface area contributed by atoms with Gasteiger partial charge in [0.15, 0.2) is 0 Å². The smallest absolute Gasteiger partial charge is 0.220 e. The Morgan fingerprint density at radius 1 is 0.387 bits per heavy atom. The monoisotopic (exact) mass is 872 g/mol. The maximum atomic E-state index is 12.5. The maximum Gasteiger partial charge on any atom is 0.220 e. The molecular formula is C57H109NO4. The van der Waals surface area contributed by atoms with E-state index in [4.69, 9.17) is 0 Å². The van der Waals surface area contributed by atoms with Gasteiger partial charge in [0.25, 0.3) is 0 Å². The zero-order valence-corrected chi connectivity index (χ0v) is 41.8. The van der Waals surface area contributed by atoms with Crippen molar-refractivity contribution in [3.05, 3.63) is 36.5 Å². The molecule has 0 aliphatic carbocycles. The molecule has 0 aromatic heterocycles. The number of carbonyl (C=O) groups is 1. The highest BCUT2D eigenvalue weighted by Gasteiger charge is 2.26. The van der Waals surface area contributed by atoms with Gasteiger partial charge in [-0.3, -0.25) is 4.79 Å². The van der Waals surface area contributed by atoms with Crippen molar-refractivity contribution in [3.63, 3.8) is 0 Å². The molecule has 5 nitrogen and oxygen atoms in total. The molecule has 0 saturated heterocycles. The second-order valence-corrected chi connectivity index (χ2v) is 19.1. The molecule has 0 aliphatic heterocycles. The van der Waals surface area contributed by atoms with E-state index in [1.165, 1.54) is 225 Å². The Hall–Kier alpha value is -1.43. The fourth-order valence-corrected chi connectivity index (χ4v) is 8.65. The van der Waals surface area contributed by atoms with Crippen LogP contribution < -0.4 is 5.32 Å². The Morgan fingerprint density at radius 2 is 0.661 bits per heavy atom. The number of aliphatic hydroxyl groups is 3. The normalized spacial score (nSPS) is 13.6. The van der Waals surface area contributed by atoms with Crippen LogP contribution in [0.5, 0.6) is 0 Å². The van der Waals surface area contributed by atoms with Crippen molar-refractivity contribution < 1.29 is 20.1 Å². The van der Waals surface area contributed by atoms with E-state index in [9.17, 15) is 20.1 Å². The summed E-state index contributed by atoms with van der Waals surface area (Å²) in [6.45, 7) is 4.20. The fourth-order valence-electron chi connectivity index (χ4n) is 8.65. The summed E-state index contributed by atoms with van der Waals surface area (Å²) in [4.78, 5) is 12.5. The van der Waals surface area contributed by atoms with Crippen LogP contribution in [0.1, 0.15) is 296 Å². The molecule has 3 unspecified atom stereocenters. The molecule has 0 aromatic carbocycles. The fraction of sp³-hybridized carbons (Fsp3) is 0.877. The van der Waals surface area contributed by atoms with Crippen LogP contribution in [0, 0.1) is 0 Å². The number of amides is 1. The number of aliphatic hydroxyl groups excluding tert-OH is 3. The van der Waals surface area contributed by atoms with E-state index in [-0.39, 0.29) is 12.5 Å². The van der Waals surface area contributed by atoms with E-state index in [0.717, 1.165) is 44.9 Å². The van der Waals surface area contributed by atoms with E-state index < -0.39 is 18.2 Å². The first kappa shape index (κ1) is 60.6. The summed E-state index contributed by atoms with van der Waals surface area (Å²) >= 11 is 0. The van der Waals surface area contributed by atoms with Crippen LogP contribution >= 0.6 is 0 Å². The summed E-state index contributed by atoms with van der Waals surface area (Å²) in [6.07, 6.45) is 67.2. The van der Waals surface area contributed by atoms with Crippen molar-refractivity contribution in [2.75, 3.05) is 6.61 Å². The molecule has 0 radical (unpaired) electrons. The number of allylic oxidation sites excluding steroid dienone is 6. The van der Waals surface area contributed by atoms with Crippen molar-refractivity contribution in [1.29, 1.82) is 0 Å². The van der Waals surface area contributed by atoms with Crippen LogP contribution in [-0.4, -0.2) is 46.1 Å². The highest BCUT2D eigenvalue weighted by atomic mass is 16.3. The molecule has 0 rings (SSSR count). The predicted molar refractivity (Wildman–Crippen MR) is 273 cm³/mol. The highest BCUT2D eigenvalue weighted by molar-refractivity contribution is 5.76. The van der Waals surface area contributed by atoms with Crippen molar-refractivity contribution >= 4 is 5.91 Å². The van der Waals surface area contributed by atoms with E-state index in [0.29, 0.717) is 12.8 Å². The molecular weight excluding hydrogens is 763 g/mol. The number of hydrogen-bond donors (Lipinski definition) is 4. The van der Waals surface area contributed by atoms with Crippen LogP contribution in [-0.2, 0) is 4.79 Å². The molecule has 5 heteroatoms. The van der Waals surface area contributed by atoms with Gasteiger partial charge >= 0.3 is 0 Å². The van der Waals surface area contributed by atoms with Crippen LogP contribution in [0.3, 0.4) is 0 Å². The molecule has 0 aliphatic rings. The quantitative estimate of drug-likeness (QED) is 0.0362. The zero-order chi connectivity index (χ0) is 45.1. The Morgan fingerprint density at radius 3 is 0.984 bits per heavy atom. The van der Waals surface area contributed by atoms with Crippen molar-refractivity contribution in [2.45, 2.75) is 315 Å². The van der Waals surface area contributed by atoms with Crippen LogP contribution in [0.15, 0.2) is 36.5 Å². The Balaban J connectivity index is 3.61. The molecule has 0 spiro atoms. The Bertz CT molecular complexity index is 962. The van der Waals surface area contributed by atoms with E-state index in [1.54, 1.807) is 0 Å². The average molecular weight is 873 g/mol. The van der Waals surface area contributed by atoms with Crippen LogP contribution in [0.4, 0.5) is 0 Å². The summed E-state index contributed by atoms with van der Waals surface area (Å²) in [5, 5.41) is 33.7. The standard InChI is InChI=1S/C57H109NO4/c1-3-5-7-9-11-13-15-17-19-21-23-25-27-29-31-33-35-37-39-41-43-45-47-49-51-55(60)57(62)54(53-59)58-56(61)52-50-48-46-44-42-40-38-36-34-32-30-28-26-24-22-20-18-16-14-12-10-8-6-4-2/h30,32,35,37,43,45,54-55,57,59-60,62H,3-29,31,33-34,36,38-42,44,46-53H2,1-2H3,(H,58,61)/b32-30-,37-35+,45-43+. The van der Waals surface area contributed by atoms with Crippen molar-refractivity contribution in [3.8, 4) is 0 Å². The lowest BCUT2D eigenvalue weighted by atomic mass is 10.0. The van der Waals surface area contributed by atoms with E-state index in [2.05, 4.69) is 55.6 Å². The minimum atomic E-state index is -1.17. The third kappa shape index (κ3) is 46.6. The first-order chi connectivity index (χ1) is 30.6. The van der Waals surface area contributed by atoms with Gasteiger partial charge in [0.2, 0.25) is 5.91 Å². The minimum absolute atomic E-state index is 0.158. The molecule has 1 amide bonds. The Labute approximate surface area is 387 Å². The molecule has 0 heterocycles. The Kier molecular flexibility index (Phi) is 51.0. The highest BCUT2D eigenvalue weighted by Crippen LogP contribution is 2.17. The lowest BCUT2D eigenvalue weighted by Gasteiger charge is -2.26. The average Bonchev–Trinajstić information content (AvgIpc) is 3.28. The number of carbonyl (C=O) groups excluding carboxylic acids is 1. The topological polar surface area (TPSA) is 89.8 Å². The summed E-state index contributed by atoms with van der Waals surface area (Å²) in [6, 6.07) is -0.835. The number of rotatable bonds is 51. The third-order valence-corrected chi connectivity index (χ3v) is 12.9. The van der Waals surface area contributed by atoms with Gasteiger partial charge in [-0.15, -0.1) is 0 Å². The van der Waals surface area contributed by atoms with Gasteiger partial charge in [-0.25, -0.2) is 0 Å². The van der Waals surface area contributed by atoms with Crippen LogP contribution in [0.2, 0.25) is 0 Å². The minimum Gasteiger partial charge on any atom is -0.394 e. The number of unbranched alkanes of at least 4 members (excludes halogenated alkanes) is 37. The lowest BCUT2D eigenvalue weighted by molar-refractivity contribution is -0.124. The molecule has 3 atom stereocenters. The van der Waals surface area contributed by atoms with Gasteiger partial charge < -0.3 is 20.6 Å². The van der Waals surface area contributed by atoms with Gasteiger partial charge in [-0.1, -0.05) is 249 Å². The van der Waals surface area contributed by atoms with Gasteiger partial charge in [0, 0.05) is 6.42 Å². The predicted octanol–water partition coefficient (Wildman–Crippen LogP) is 17.1. The summed E-state index contributed by atoms with van der Waals surface area (Å²) in [5.74, 6) is -0.158. The molecule has 62 heavy (non-hydrogen) atoms. The lowest BCUT2D eigenvalue weighted by Crippen LogP contribution is -2.50. The van der Waals surface area contributed by atoms with E-state index in [1.807, 2.05) is 0 Å². The van der Waals surface area contributed by atoms with E-state index >= 15 is 0 Å². The first-order valence-electron chi connectivity index (χ1n) is 27.8. The summed E-state index contributed by atoms with van der Waals surface area (Å²) < 4.78 is 0. The second-order valence-electron chi connectivity index (χ2n) is 19.1. The maximum absolute atomic E-state index is 12.5. The third-order valence-electron chi connectivity index (χ3n) is 12.9. The van der Waals surface area contributed by atoms with Gasteiger partial charge in [0.05, 0.1) is 18.8 Å². The largest absolute Gasteiger partial charge is 0.394 e. The van der Waals surface area contributed by atoms with Crippen LogP contribution in [0.25, 0.3) is 0 Å². The molecule has 0 saturated carbocycles. The summed E-state index contributed by atoms with van der Waals surface area (Å²) in [7, 11) is 0. The molecule has 4 N–H and O–H groups in total. The number of nitrogens with one attached hydrogen (secondary N) is 1. The first-order valence-corrected chi connectivity index (χ1v) is 27.8. The molecule has 0 aromatic rings. The van der Waals surface area contributed by atoms with Gasteiger partial charge in [0.1, 0.15) is 6.10 Å². The molecule has 0 bridgehead atoms. The SMILES string of the molecule is CCCCCCCCCCCCCC/C=C\CCCCCCCCCCC(=O)NC(CO)C(O)C(O)CCC/C=C/CC/C=C/CCCCCCCCCCCCCCCCC. The molecule has 366 valence electrons. The second kappa shape index (κ2) is 52.2.